The molecule has 0 aromatic heterocycles. The van der Waals surface area contributed by atoms with Crippen LogP contribution < -0.4 is 0 Å². The molecule has 0 amide bonds. The number of benzene rings is 2. The Labute approximate surface area is 122 Å². The Hall–Kier alpha value is -1.12. The number of hydrogen-bond donors (Lipinski definition) is 1. The molecule has 1 aliphatic carbocycles. The molecule has 2 heteroatoms. The minimum atomic E-state index is 0.219. The Morgan fingerprint density at radius 1 is 1.05 bits per heavy atom. The zero-order chi connectivity index (χ0) is 13.2. The smallest absolute Gasteiger partial charge is 0.0503 e. The Kier molecular flexibility index (Phi) is 3.72. The van der Waals surface area contributed by atoms with Gasteiger partial charge in [-0.25, -0.2) is 0 Å². The molecule has 0 bridgehead atoms. The third kappa shape index (κ3) is 2.60. The summed E-state index contributed by atoms with van der Waals surface area (Å²) in [6.45, 7) is 0.219. The molecule has 0 heterocycles. The molecule has 1 N–H and O–H groups in total. The van der Waals surface area contributed by atoms with Crippen LogP contribution in [0.1, 0.15) is 29.4 Å². The van der Waals surface area contributed by atoms with Crippen LogP contribution in [0.15, 0.2) is 59.1 Å². The van der Waals surface area contributed by atoms with Gasteiger partial charge in [0.1, 0.15) is 0 Å². The molecule has 0 aliphatic heterocycles. The summed E-state index contributed by atoms with van der Waals surface area (Å²) in [5.41, 5.74) is 2.63. The summed E-state index contributed by atoms with van der Waals surface area (Å²) in [6.07, 6.45) is 1.18. The van der Waals surface area contributed by atoms with Crippen molar-refractivity contribution in [3.8, 4) is 0 Å². The van der Waals surface area contributed by atoms with Crippen molar-refractivity contribution < 1.29 is 5.11 Å². The van der Waals surface area contributed by atoms with Gasteiger partial charge < -0.3 is 5.11 Å². The van der Waals surface area contributed by atoms with E-state index in [1.807, 2.05) is 12.1 Å². The van der Waals surface area contributed by atoms with Crippen LogP contribution in [0.2, 0.25) is 0 Å². The van der Waals surface area contributed by atoms with E-state index in [-0.39, 0.29) is 12.5 Å². The predicted molar refractivity (Wildman–Crippen MR) is 81.3 cm³/mol. The van der Waals surface area contributed by atoms with Crippen molar-refractivity contribution in [1.29, 1.82) is 0 Å². The van der Waals surface area contributed by atoms with Crippen molar-refractivity contribution >= 4 is 15.9 Å². The van der Waals surface area contributed by atoms with E-state index in [4.69, 9.17) is 0 Å². The topological polar surface area (TPSA) is 20.2 Å². The number of rotatable bonds is 4. The summed E-state index contributed by atoms with van der Waals surface area (Å²) in [4.78, 5) is 0. The van der Waals surface area contributed by atoms with Crippen LogP contribution in [0.25, 0.3) is 0 Å². The van der Waals surface area contributed by atoms with Gasteiger partial charge in [-0.2, -0.15) is 0 Å². The van der Waals surface area contributed by atoms with Crippen molar-refractivity contribution in [3.63, 3.8) is 0 Å². The van der Waals surface area contributed by atoms with E-state index in [1.54, 1.807) is 0 Å². The van der Waals surface area contributed by atoms with Crippen molar-refractivity contribution in [2.24, 2.45) is 5.92 Å². The van der Waals surface area contributed by atoms with Gasteiger partial charge in [-0.3, -0.25) is 0 Å². The molecule has 1 aliphatic rings. The maximum Gasteiger partial charge on any atom is 0.0503 e. The first-order valence-corrected chi connectivity index (χ1v) is 7.51. The normalized spacial score (nSPS) is 23.1. The van der Waals surface area contributed by atoms with Gasteiger partial charge in [0, 0.05) is 10.4 Å². The van der Waals surface area contributed by atoms with E-state index in [1.165, 1.54) is 17.5 Å². The summed E-state index contributed by atoms with van der Waals surface area (Å²) in [7, 11) is 0. The lowest BCUT2D eigenvalue weighted by molar-refractivity contribution is 0.251. The molecule has 3 unspecified atom stereocenters. The Morgan fingerprint density at radius 2 is 1.74 bits per heavy atom. The zero-order valence-corrected chi connectivity index (χ0v) is 12.3. The molecule has 0 saturated heterocycles. The van der Waals surface area contributed by atoms with E-state index < -0.39 is 0 Å². The SMILES string of the molecule is OCC(c1ccccc1Br)C1CC1c1ccccc1. The summed E-state index contributed by atoms with van der Waals surface area (Å²) < 4.78 is 1.10. The molecule has 1 nitrogen and oxygen atoms in total. The van der Waals surface area contributed by atoms with Gasteiger partial charge >= 0.3 is 0 Å². The summed E-state index contributed by atoms with van der Waals surface area (Å²) >= 11 is 3.60. The quantitative estimate of drug-likeness (QED) is 0.890. The Balaban J connectivity index is 1.81. The highest BCUT2D eigenvalue weighted by molar-refractivity contribution is 9.10. The average Bonchev–Trinajstić information content (AvgIpc) is 3.23. The highest BCUT2D eigenvalue weighted by Crippen LogP contribution is 2.55. The third-order valence-corrected chi connectivity index (χ3v) is 4.81. The molecule has 0 spiro atoms. The van der Waals surface area contributed by atoms with E-state index in [0.29, 0.717) is 11.8 Å². The van der Waals surface area contributed by atoms with E-state index in [9.17, 15) is 5.11 Å². The van der Waals surface area contributed by atoms with Crippen LogP contribution in [-0.4, -0.2) is 11.7 Å². The van der Waals surface area contributed by atoms with Gasteiger partial charge in [-0.15, -0.1) is 0 Å². The van der Waals surface area contributed by atoms with Crippen LogP contribution in [0.4, 0.5) is 0 Å². The second-order valence-electron chi connectivity index (χ2n) is 5.23. The predicted octanol–water partition coefficient (Wildman–Crippen LogP) is 4.33. The molecule has 19 heavy (non-hydrogen) atoms. The fraction of sp³-hybridized carbons (Fsp3) is 0.294. The van der Waals surface area contributed by atoms with Gasteiger partial charge in [0.25, 0.3) is 0 Å². The van der Waals surface area contributed by atoms with Crippen LogP contribution in [-0.2, 0) is 0 Å². The van der Waals surface area contributed by atoms with Crippen LogP contribution >= 0.6 is 15.9 Å². The van der Waals surface area contributed by atoms with Gasteiger partial charge in [-0.05, 0) is 35.4 Å². The first kappa shape index (κ1) is 12.9. The van der Waals surface area contributed by atoms with E-state index in [2.05, 4.69) is 58.4 Å². The van der Waals surface area contributed by atoms with E-state index in [0.717, 1.165) is 4.47 Å². The van der Waals surface area contributed by atoms with Crippen molar-refractivity contribution in [1.82, 2.24) is 0 Å². The van der Waals surface area contributed by atoms with Crippen molar-refractivity contribution in [2.45, 2.75) is 18.3 Å². The molecular formula is C17H17BrO. The molecule has 98 valence electrons. The van der Waals surface area contributed by atoms with E-state index >= 15 is 0 Å². The van der Waals surface area contributed by atoms with Crippen LogP contribution in [0, 0.1) is 5.92 Å². The first-order chi connectivity index (χ1) is 9.31. The highest BCUT2D eigenvalue weighted by Gasteiger charge is 2.44. The Bertz CT molecular complexity index is 552. The standard InChI is InChI=1S/C17H17BrO/c18-17-9-5-4-8-13(17)16(11-19)15-10-14(15)12-6-2-1-3-7-12/h1-9,14-16,19H,10-11H2. The maximum atomic E-state index is 9.76. The maximum absolute atomic E-state index is 9.76. The third-order valence-electron chi connectivity index (χ3n) is 4.09. The number of aliphatic hydroxyl groups excluding tert-OH is 1. The molecule has 3 atom stereocenters. The second-order valence-corrected chi connectivity index (χ2v) is 6.08. The van der Waals surface area contributed by atoms with Gasteiger partial charge in [-0.1, -0.05) is 64.5 Å². The van der Waals surface area contributed by atoms with Gasteiger partial charge in [0.05, 0.1) is 6.61 Å². The number of hydrogen-bond acceptors (Lipinski definition) is 1. The average molecular weight is 317 g/mol. The molecule has 1 saturated carbocycles. The number of aliphatic hydroxyl groups is 1. The first-order valence-electron chi connectivity index (χ1n) is 6.71. The minimum Gasteiger partial charge on any atom is -0.396 e. The molecule has 3 rings (SSSR count). The fourth-order valence-electron chi connectivity index (χ4n) is 2.98. The highest BCUT2D eigenvalue weighted by atomic mass is 79.9. The monoisotopic (exact) mass is 316 g/mol. The lowest BCUT2D eigenvalue weighted by Crippen LogP contribution is -2.08. The molecular weight excluding hydrogens is 300 g/mol. The van der Waals surface area contributed by atoms with Gasteiger partial charge in [0.15, 0.2) is 0 Å². The largest absolute Gasteiger partial charge is 0.396 e. The van der Waals surface area contributed by atoms with Crippen molar-refractivity contribution in [2.75, 3.05) is 6.61 Å². The second kappa shape index (κ2) is 5.48. The molecule has 2 aromatic carbocycles. The molecule has 2 aromatic rings. The summed E-state index contributed by atoms with van der Waals surface area (Å²) in [6, 6.07) is 18.9. The van der Waals surface area contributed by atoms with Gasteiger partial charge in [0.2, 0.25) is 0 Å². The van der Waals surface area contributed by atoms with Crippen LogP contribution in [0.3, 0.4) is 0 Å². The van der Waals surface area contributed by atoms with Crippen molar-refractivity contribution in [3.05, 3.63) is 70.2 Å². The molecule has 1 fully saturated rings. The Morgan fingerprint density at radius 3 is 2.42 bits per heavy atom. The lowest BCUT2D eigenvalue weighted by atomic mass is 9.92. The lowest BCUT2D eigenvalue weighted by Gasteiger charge is -2.16. The summed E-state index contributed by atoms with van der Waals surface area (Å²) in [5, 5.41) is 9.76. The minimum absolute atomic E-state index is 0.219. The molecule has 0 radical (unpaired) electrons. The fourth-order valence-corrected chi connectivity index (χ4v) is 3.56. The summed E-state index contributed by atoms with van der Waals surface area (Å²) in [5.74, 6) is 1.40. The van der Waals surface area contributed by atoms with Crippen LogP contribution in [0.5, 0.6) is 0 Å². The number of halogens is 1. The zero-order valence-electron chi connectivity index (χ0n) is 10.7.